The van der Waals surface area contributed by atoms with Gasteiger partial charge in [-0.3, -0.25) is 0 Å². The van der Waals surface area contributed by atoms with E-state index in [-0.39, 0.29) is 5.38 Å². The van der Waals surface area contributed by atoms with Crippen molar-refractivity contribution in [2.75, 3.05) is 0 Å². The van der Waals surface area contributed by atoms with Crippen molar-refractivity contribution in [3.63, 3.8) is 0 Å². The normalized spacial score (nSPS) is 17.4. The molecule has 1 unspecified atom stereocenters. The number of hydrogen-bond donors (Lipinski definition) is 0. The van der Waals surface area contributed by atoms with E-state index >= 15 is 0 Å². The first-order valence-corrected chi connectivity index (χ1v) is 8.57. The van der Waals surface area contributed by atoms with Gasteiger partial charge in [0.05, 0.1) is 5.38 Å². The number of rotatable bonds is 2. The van der Waals surface area contributed by atoms with Crippen LogP contribution >= 0.6 is 46.4 Å². The van der Waals surface area contributed by atoms with Crippen LogP contribution in [0.15, 0.2) is 23.2 Å². The largest absolute Gasteiger partial charge is 0.348 e. The van der Waals surface area contributed by atoms with Crippen LogP contribution in [0.5, 0.6) is 0 Å². The Balaban J connectivity index is 2.06. The van der Waals surface area contributed by atoms with Crippen molar-refractivity contribution in [3.8, 4) is 0 Å². The topological polar surface area (TPSA) is 4.93 Å². The van der Waals surface area contributed by atoms with Gasteiger partial charge in [-0.2, -0.15) is 0 Å². The van der Waals surface area contributed by atoms with Gasteiger partial charge in [-0.05, 0) is 41.8 Å². The summed E-state index contributed by atoms with van der Waals surface area (Å²) in [6.45, 7) is 1.98. The van der Waals surface area contributed by atoms with Crippen LogP contribution in [0.1, 0.15) is 39.9 Å². The molecule has 0 spiro atoms. The number of alkyl halides is 1. The Kier molecular flexibility index (Phi) is 4.53. The highest BCUT2D eigenvalue weighted by molar-refractivity contribution is 6.36. The van der Waals surface area contributed by atoms with E-state index in [0.29, 0.717) is 17.9 Å². The average Bonchev–Trinajstić information content (AvgIpc) is 2.77. The fraction of sp³-hybridized carbons (Fsp3) is 0.294. The SMILES string of the molecule is Cc1ccc(Cl)c(Cc2cc3c(n2C)C=C(Cl)CC3Cl)c1Cl. The Bertz CT molecular complexity index is 773. The van der Waals surface area contributed by atoms with Gasteiger partial charge in [-0.15, -0.1) is 11.6 Å². The van der Waals surface area contributed by atoms with Gasteiger partial charge >= 0.3 is 0 Å². The quantitative estimate of drug-likeness (QED) is 0.529. The minimum absolute atomic E-state index is 0.0871. The molecule has 2 aromatic rings. The molecule has 0 N–H and O–H groups in total. The third-order valence-electron chi connectivity index (χ3n) is 4.15. The molecule has 0 fully saturated rings. The highest BCUT2D eigenvalue weighted by atomic mass is 35.5. The lowest BCUT2D eigenvalue weighted by atomic mass is 10.0. The molecule has 3 rings (SSSR count). The summed E-state index contributed by atoms with van der Waals surface area (Å²) in [5, 5.41) is 2.11. The van der Waals surface area contributed by atoms with Gasteiger partial charge in [0.2, 0.25) is 0 Å². The van der Waals surface area contributed by atoms with Crippen LogP contribution in [0.2, 0.25) is 10.0 Å². The van der Waals surface area contributed by atoms with Crippen molar-refractivity contribution < 1.29 is 0 Å². The van der Waals surface area contributed by atoms with E-state index < -0.39 is 0 Å². The predicted molar refractivity (Wildman–Crippen MR) is 96.5 cm³/mol. The summed E-state index contributed by atoms with van der Waals surface area (Å²) >= 11 is 25.4. The fourth-order valence-electron chi connectivity index (χ4n) is 2.85. The van der Waals surface area contributed by atoms with Gasteiger partial charge in [0.1, 0.15) is 0 Å². The molecular formula is C17H15Cl4N. The van der Waals surface area contributed by atoms with Gasteiger partial charge in [0.15, 0.2) is 0 Å². The third-order valence-corrected chi connectivity index (χ3v) is 5.69. The first kappa shape index (κ1) is 16.3. The summed E-state index contributed by atoms with van der Waals surface area (Å²) in [5.74, 6) is 0. The second-order valence-corrected chi connectivity index (χ2v) is 7.43. The molecule has 0 aliphatic heterocycles. The zero-order valence-electron chi connectivity index (χ0n) is 12.3. The van der Waals surface area contributed by atoms with Crippen LogP contribution in [0.25, 0.3) is 6.08 Å². The maximum Gasteiger partial charge on any atom is 0.0655 e. The van der Waals surface area contributed by atoms with E-state index in [2.05, 4.69) is 10.6 Å². The van der Waals surface area contributed by atoms with Crippen LogP contribution in [-0.4, -0.2) is 4.57 Å². The maximum atomic E-state index is 6.43. The number of aryl methyl sites for hydroxylation is 1. The van der Waals surface area contributed by atoms with Crippen molar-refractivity contribution in [1.29, 1.82) is 0 Å². The Labute approximate surface area is 150 Å². The van der Waals surface area contributed by atoms with Crippen LogP contribution < -0.4 is 0 Å². The van der Waals surface area contributed by atoms with E-state index in [1.807, 2.05) is 32.2 Å². The highest BCUT2D eigenvalue weighted by Crippen LogP contribution is 2.40. The van der Waals surface area contributed by atoms with Gasteiger partial charge in [-0.25, -0.2) is 0 Å². The molecule has 0 bridgehead atoms. The molecule has 5 heteroatoms. The van der Waals surface area contributed by atoms with E-state index in [1.54, 1.807) is 0 Å². The van der Waals surface area contributed by atoms with Crippen molar-refractivity contribution in [3.05, 3.63) is 61.4 Å². The molecule has 116 valence electrons. The van der Waals surface area contributed by atoms with Crippen LogP contribution in [-0.2, 0) is 13.5 Å². The second kappa shape index (κ2) is 6.13. The van der Waals surface area contributed by atoms with Crippen LogP contribution in [0.3, 0.4) is 0 Å². The van der Waals surface area contributed by atoms with E-state index in [0.717, 1.165) is 38.1 Å². The third kappa shape index (κ3) is 2.80. The second-order valence-electron chi connectivity index (χ2n) is 5.63. The molecule has 1 aromatic heterocycles. The zero-order chi connectivity index (χ0) is 16.0. The minimum atomic E-state index is -0.0871. The number of allylic oxidation sites excluding steroid dienone is 1. The molecule has 1 nitrogen and oxygen atoms in total. The summed E-state index contributed by atoms with van der Waals surface area (Å²) in [4.78, 5) is 0. The summed E-state index contributed by atoms with van der Waals surface area (Å²) in [7, 11) is 2.02. The molecule has 0 saturated heterocycles. The van der Waals surface area contributed by atoms with Gasteiger partial charge in [0, 0.05) is 46.4 Å². The molecule has 22 heavy (non-hydrogen) atoms. The van der Waals surface area contributed by atoms with E-state index in [1.165, 1.54) is 0 Å². The number of benzene rings is 1. The molecule has 1 aliphatic carbocycles. The van der Waals surface area contributed by atoms with Gasteiger partial charge in [-0.1, -0.05) is 40.9 Å². The first-order chi connectivity index (χ1) is 10.4. The zero-order valence-corrected chi connectivity index (χ0v) is 15.3. The molecule has 1 aromatic carbocycles. The minimum Gasteiger partial charge on any atom is -0.348 e. The van der Waals surface area contributed by atoms with E-state index in [9.17, 15) is 0 Å². The van der Waals surface area contributed by atoms with Crippen LogP contribution in [0, 0.1) is 6.92 Å². The number of hydrogen-bond acceptors (Lipinski definition) is 0. The Hall–Kier alpha value is -0.600. The average molecular weight is 375 g/mol. The number of aromatic nitrogens is 1. The Morgan fingerprint density at radius 3 is 2.68 bits per heavy atom. The van der Waals surface area contributed by atoms with Gasteiger partial charge in [0.25, 0.3) is 0 Å². The summed E-state index contributed by atoms with van der Waals surface area (Å²) < 4.78 is 2.11. The fourth-order valence-corrected chi connectivity index (χ4v) is 4.03. The number of nitrogens with zero attached hydrogens (tertiary/aromatic N) is 1. The smallest absolute Gasteiger partial charge is 0.0655 e. The monoisotopic (exact) mass is 373 g/mol. The maximum absolute atomic E-state index is 6.43. The van der Waals surface area contributed by atoms with E-state index in [4.69, 9.17) is 46.4 Å². The lowest BCUT2D eigenvalue weighted by Crippen LogP contribution is -2.04. The molecule has 1 atom stereocenters. The highest BCUT2D eigenvalue weighted by Gasteiger charge is 2.23. The summed E-state index contributed by atoms with van der Waals surface area (Å²) in [6, 6.07) is 5.95. The number of fused-ring (bicyclic) bond motifs is 1. The lowest BCUT2D eigenvalue weighted by Gasteiger charge is -2.15. The molecule has 0 radical (unpaired) electrons. The van der Waals surface area contributed by atoms with Crippen molar-refractivity contribution in [1.82, 2.24) is 4.57 Å². The molecule has 1 aliphatic rings. The predicted octanol–water partition coefficient (Wildman–Crippen LogP) is 6.49. The summed E-state index contributed by atoms with van der Waals surface area (Å²) in [5.41, 5.74) is 5.27. The lowest BCUT2D eigenvalue weighted by molar-refractivity contribution is 0.825. The van der Waals surface area contributed by atoms with Crippen molar-refractivity contribution in [2.24, 2.45) is 7.05 Å². The van der Waals surface area contributed by atoms with Crippen molar-refractivity contribution >= 4 is 52.5 Å². The molecule has 1 heterocycles. The molecule has 0 amide bonds. The molecular weight excluding hydrogens is 360 g/mol. The summed E-state index contributed by atoms with van der Waals surface area (Å²) in [6.07, 6.45) is 3.32. The first-order valence-electron chi connectivity index (χ1n) is 7.00. The van der Waals surface area contributed by atoms with Crippen LogP contribution in [0.4, 0.5) is 0 Å². The standard InChI is InChI=1S/C17H15Cl4N/c1-9-3-4-14(19)13(17(9)21)8-11-7-12-15(20)5-10(18)6-16(12)22(11)2/h3-4,6-7,15H,5,8H2,1-2H3. The van der Waals surface area contributed by atoms with Crippen molar-refractivity contribution in [2.45, 2.75) is 25.1 Å². The Morgan fingerprint density at radius 1 is 1.23 bits per heavy atom. The number of halogens is 4. The van der Waals surface area contributed by atoms with Gasteiger partial charge < -0.3 is 4.57 Å². The Morgan fingerprint density at radius 2 is 1.95 bits per heavy atom. The molecule has 0 saturated carbocycles.